The summed E-state index contributed by atoms with van der Waals surface area (Å²) in [5.41, 5.74) is 3.29. The normalized spacial score (nSPS) is 15.4. The molecule has 142 valence electrons. The number of rotatable bonds is 3. The molecule has 0 amide bonds. The van der Waals surface area contributed by atoms with Gasteiger partial charge in [-0.05, 0) is 41.1 Å². The van der Waals surface area contributed by atoms with Crippen LogP contribution in [0.15, 0.2) is 46.6 Å². The molecule has 0 spiro atoms. The van der Waals surface area contributed by atoms with Crippen molar-refractivity contribution in [2.45, 2.75) is 13.0 Å². The Labute approximate surface area is 164 Å². The fourth-order valence-electron chi connectivity index (χ4n) is 3.75. The van der Waals surface area contributed by atoms with E-state index in [1.165, 1.54) is 16.9 Å². The zero-order valence-electron chi connectivity index (χ0n) is 15.4. The van der Waals surface area contributed by atoms with Crippen molar-refractivity contribution in [1.82, 2.24) is 24.1 Å². The molecule has 0 aliphatic carbocycles. The van der Waals surface area contributed by atoms with Crippen molar-refractivity contribution in [3.05, 3.63) is 63.5 Å². The van der Waals surface area contributed by atoms with Crippen molar-refractivity contribution in [3.8, 4) is 5.75 Å². The average molecular weight is 393 g/mol. The van der Waals surface area contributed by atoms with Crippen LogP contribution in [0.5, 0.6) is 5.75 Å². The van der Waals surface area contributed by atoms with E-state index in [1.807, 2.05) is 28.0 Å². The van der Waals surface area contributed by atoms with Gasteiger partial charge in [0.2, 0.25) is 5.78 Å². The molecule has 0 fully saturated rings. The van der Waals surface area contributed by atoms with Gasteiger partial charge in [0.1, 0.15) is 10.4 Å². The Morgan fingerprint density at radius 3 is 2.75 bits per heavy atom. The first-order chi connectivity index (χ1) is 13.6. The van der Waals surface area contributed by atoms with Crippen molar-refractivity contribution in [2.24, 2.45) is 7.05 Å². The van der Waals surface area contributed by atoms with Gasteiger partial charge in [-0.2, -0.15) is 0 Å². The summed E-state index contributed by atoms with van der Waals surface area (Å²) in [5.74, 6) is 1.70. The summed E-state index contributed by atoms with van der Waals surface area (Å²) in [6.07, 6.45) is 3.17. The lowest BCUT2D eigenvalue weighted by atomic mass is 9.99. The number of hydrogen-bond acceptors (Lipinski definition) is 6. The van der Waals surface area contributed by atoms with Crippen LogP contribution in [-0.2, 0) is 13.6 Å². The van der Waals surface area contributed by atoms with E-state index < -0.39 is 0 Å². The maximum atomic E-state index is 12.5. The van der Waals surface area contributed by atoms with Crippen LogP contribution in [0.25, 0.3) is 21.6 Å². The molecular weight excluding hydrogens is 374 g/mol. The lowest BCUT2D eigenvalue weighted by Gasteiger charge is -2.25. The fourth-order valence-corrected chi connectivity index (χ4v) is 4.60. The second kappa shape index (κ2) is 6.57. The van der Waals surface area contributed by atoms with E-state index in [1.54, 1.807) is 23.7 Å². The largest absolute Gasteiger partial charge is 0.508 e. The number of fused-ring (bicyclic) bond motifs is 3. The number of phenolic OH excluding ortho intramolecular Hbond substituents is 1. The van der Waals surface area contributed by atoms with Crippen LogP contribution in [-0.4, -0.2) is 42.3 Å². The highest BCUT2D eigenvalue weighted by atomic mass is 32.1. The molecule has 0 radical (unpaired) electrons. The van der Waals surface area contributed by atoms with Gasteiger partial charge in [-0.1, -0.05) is 18.2 Å². The van der Waals surface area contributed by atoms with Crippen LogP contribution in [0.1, 0.15) is 17.8 Å². The van der Waals surface area contributed by atoms with Gasteiger partial charge >= 0.3 is 0 Å². The van der Waals surface area contributed by atoms with E-state index >= 15 is 0 Å². The molecule has 1 N–H and O–H groups in total. The van der Waals surface area contributed by atoms with E-state index in [9.17, 15) is 9.90 Å². The van der Waals surface area contributed by atoms with Gasteiger partial charge < -0.3 is 5.11 Å². The number of aryl methyl sites for hydroxylation is 1. The van der Waals surface area contributed by atoms with Gasteiger partial charge in [-0.15, -0.1) is 21.5 Å². The van der Waals surface area contributed by atoms with E-state index in [0.29, 0.717) is 12.3 Å². The maximum absolute atomic E-state index is 12.5. The lowest BCUT2D eigenvalue weighted by Crippen LogP contribution is -2.29. The predicted molar refractivity (Wildman–Crippen MR) is 110 cm³/mol. The highest BCUT2D eigenvalue weighted by Crippen LogP contribution is 2.25. The molecule has 5 rings (SSSR count). The molecule has 8 heteroatoms. The average Bonchev–Trinajstić information content (AvgIpc) is 3.35. The van der Waals surface area contributed by atoms with E-state index in [2.05, 4.69) is 21.2 Å². The highest BCUT2D eigenvalue weighted by molar-refractivity contribution is 7.17. The van der Waals surface area contributed by atoms with Gasteiger partial charge in [-0.3, -0.25) is 18.7 Å². The Morgan fingerprint density at radius 2 is 2.00 bits per heavy atom. The first-order valence-electron chi connectivity index (χ1n) is 9.13. The van der Waals surface area contributed by atoms with Gasteiger partial charge in [-0.25, -0.2) is 0 Å². The summed E-state index contributed by atoms with van der Waals surface area (Å²) in [5, 5.41) is 20.0. The Hall–Kier alpha value is -2.97. The van der Waals surface area contributed by atoms with Crippen LogP contribution in [0.2, 0.25) is 0 Å². The molecule has 28 heavy (non-hydrogen) atoms. The molecule has 0 bridgehead atoms. The molecule has 1 aromatic carbocycles. The monoisotopic (exact) mass is 393 g/mol. The molecule has 1 aliphatic rings. The number of aromatic nitrogens is 4. The summed E-state index contributed by atoms with van der Waals surface area (Å²) in [4.78, 5) is 14.8. The number of benzene rings is 1. The second-order valence-corrected chi connectivity index (χ2v) is 7.93. The Balaban J connectivity index is 1.44. The summed E-state index contributed by atoms with van der Waals surface area (Å²) < 4.78 is 4.28. The smallest absolute Gasteiger partial charge is 0.272 e. The molecule has 0 saturated heterocycles. The van der Waals surface area contributed by atoms with Crippen molar-refractivity contribution in [2.75, 3.05) is 13.1 Å². The molecule has 0 saturated carbocycles. The number of hydrogen-bond donors (Lipinski definition) is 1. The number of aromatic hydroxyl groups is 1. The predicted octanol–water partition coefficient (Wildman–Crippen LogP) is 2.64. The lowest BCUT2D eigenvalue weighted by molar-refractivity contribution is 0.285. The molecular formula is C20H19N5O2S. The van der Waals surface area contributed by atoms with Crippen molar-refractivity contribution < 1.29 is 5.11 Å². The topological polar surface area (TPSA) is 75.7 Å². The van der Waals surface area contributed by atoms with Crippen molar-refractivity contribution in [3.63, 3.8) is 0 Å². The van der Waals surface area contributed by atoms with Gasteiger partial charge in [0.25, 0.3) is 5.56 Å². The summed E-state index contributed by atoms with van der Waals surface area (Å²) in [6.45, 7) is 2.41. The van der Waals surface area contributed by atoms with Gasteiger partial charge in [0, 0.05) is 20.1 Å². The zero-order chi connectivity index (χ0) is 19.3. The Kier molecular flexibility index (Phi) is 4.03. The third kappa shape index (κ3) is 2.73. The van der Waals surface area contributed by atoms with Crippen LogP contribution >= 0.6 is 11.3 Å². The fraction of sp³-hybridized carbons (Fsp3) is 0.250. The molecule has 1 aliphatic heterocycles. The number of thiophene rings is 1. The first kappa shape index (κ1) is 17.2. The quantitative estimate of drug-likeness (QED) is 0.579. The zero-order valence-corrected chi connectivity index (χ0v) is 16.2. The van der Waals surface area contributed by atoms with E-state index in [4.69, 9.17) is 0 Å². The molecule has 4 heterocycles. The van der Waals surface area contributed by atoms with E-state index in [-0.39, 0.29) is 11.3 Å². The van der Waals surface area contributed by atoms with Crippen LogP contribution in [0.3, 0.4) is 0 Å². The van der Waals surface area contributed by atoms with Crippen LogP contribution < -0.4 is 5.56 Å². The maximum Gasteiger partial charge on any atom is 0.272 e. The SMILES string of the molecule is Cn1c(=O)c2sccc2n2c(CN3CC=C(c4ccc(O)cc4)CC3)nnc12. The number of nitrogens with zero attached hydrogens (tertiary/aromatic N) is 5. The molecule has 0 unspecified atom stereocenters. The third-order valence-corrected chi connectivity index (χ3v) is 6.19. The number of phenols is 1. The second-order valence-electron chi connectivity index (χ2n) is 7.01. The molecule has 3 aromatic heterocycles. The first-order valence-corrected chi connectivity index (χ1v) is 10.0. The standard InChI is InChI=1S/C20H19N5O2S/c1-23-19(27)18-16(8-11-28-18)25-17(21-22-20(23)25)12-24-9-6-14(7-10-24)13-2-4-15(26)5-3-13/h2-6,8,11,26H,7,9-10,12H2,1H3. The van der Waals surface area contributed by atoms with Crippen molar-refractivity contribution in [1.29, 1.82) is 0 Å². The molecule has 7 nitrogen and oxygen atoms in total. The summed E-state index contributed by atoms with van der Waals surface area (Å²) in [6, 6.07) is 9.32. The summed E-state index contributed by atoms with van der Waals surface area (Å²) in [7, 11) is 1.74. The van der Waals surface area contributed by atoms with Gasteiger partial charge in [0.15, 0.2) is 5.82 Å². The van der Waals surface area contributed by atoms with Crippen molar-refractivity contribution >= 4 is 32.9 Å². The van der Waals surface area contributed by atoms with Crippen LogP contribution in [0, 0.1) is 0 Å². The minimum Gasteiger partial charge on any atom is -0.508 e. The van der Waals surface area contributed by atoms with Crippen LogP contribution in [0.4, 0.5) is 0 Å². The minimum absolute atomic E-state index is 0.0316. The minimum atomic E-state index is -0.0316. The molecule has 4 aromatic rings. The summed E-state index contributed by atoms with van der Waals surface area (Å²) >= 11 is 1.45. The highest BCUT2D eigenvalue weighted by Gasteiger charge is 2.19. The Morgan fingerprint density at radius 1 is 1.18 bits per heavy atom. The molecule has 0 atom stereocenters. The third-order valence-electron chi connectivity index (χ3n) is 5.29. The Bertz CT molecular complexity index is 1270. The van der Waals surface area contributed by atoms with E-state index in [0.717, 1.165) is 41.1 Å². The van der Waals surface area contributed by atoms with Gasteiger partial charge in [0.05, 0.1) is 12.1 Å².